The molecule has 0 N–H and O–H groups in total. The second kappa shape index (κ2) is 5.38. The summed E-state index contributed by atoms with van der Waals surface area (Å²) in [4.78, 5) is 13.1. The molecule has 0 saturated carbocycles. The summed E-state index contributed by atoms with van der Waals surface area (Å²) in [5, 5.41) is 0. The normalized spacial score (nSPS) is 25.3. The van der Waals surface area contributed by atoms with E-state index >= 15 is 0 Å². The SMILES string of the molecule is C=CO[C@H]1CCN(C(=O)OC(C)(C)C)C[C@@H]1F. The highest BCUT2D eigenvalue weighted by Gasteiger charge is 2.34. The average molecular weight is 245 g/mol. The van der Waals surface area contributed by atoms with Crippen molar-refractivity contribution in [3.8, 4) is 0 Å². The standard InChI is InChI=1S/C12H20FNO3/c1-5-16-10-6-7-14(8-9(10)13)11(15)17-12(2,3)4/h5,9-10H,1,6-8H2,2-4H3/t9-,10-/m0/s1. The maximum absolute atomic E-state index is 13.7. The van der Waals surface area contributed by atoms with E-state index < -0.39 is 24.0 Å². The van der Waals surface area contributed by atoms with E-state index in [0.717, 1.165) is 0 Å². The largest absolute Gasteiger partial charge is 0.495 e. The summed E-state index contributed by atoms with van der Waals surface area (Å²) < 4.78 is 23.9. The highest BCUT2D eigenvalue weighted by Crippen LogP contribution is 2.19. The lowest BCUT2D eigenvalue weighted by Crippen LogP contribution is -2.49. The summed E-state index contributed by atoms with van der Waals surface area (Å²) in [5.74, 6) is 0. The van der Waals surface area contributed by atoms with Crippen LogP contribution in [0.5, 0.6) is 0 Å². The minimum absolute atomic E-state index is 0.00736. The lowest BCUT2D eigenvalue weighted by Gasteiger charge is -2.35. The van der Waals surface area contributed by atoms with Gasteiger partial charge < -0.3 is 14.4 Å². The Morgan fingerprint density at radius 1 is 1.53 bits per heavy atom. The zero-order valence-electron chi connectivity index (χ0n) is 10.6. The first-order valence-corrected chi connectivity index (χ1v) is 5.72. The van der Waals surface area contributed by atoms with Crippen molar-refractivity contribution in [3.05, 3.63) is 12.8 Å². The second-order valence-corrected chi connectivity index (χ2v) is 5.07. The molecule has 1 amide bonds. The number of halogens is 1. The van der Waals surface area contributed by atoms with Gasteiger partial charge in [0.15, 0.2) is 6.17 Å². The van der Waals surface area contributed by atoms with Gasteiger partial charge in [-0.2, -0.15) is 0 Å². The molecule has 1 saturated heterocycles. The predicted octanol–water partition coefficient (Wildman–Crippen LogP) is 2.49. The van der Waals surface area contributed by atoms with Gasteiger partial charge in [-0.25, -0.2) is 9.18 Å². The van der Waals surface area contributed by atoms with E-state index in [0.29, 0.717) is 13.0 Å². The number of piperidine rings is 1. The Labute approximate surface area is 101 Å². The topological polar surface area (TPSA) is 38.8 Å². The summed E-state index contributed by atoms with van der Waals surface area (Å²) in [6.07, 6.45) is -0.495. The minimum atomic E-state index is -1.20. The van der Waals surface area contributed by atoms with Crippen molar-refractivity contribution in [3.63, 3.8) is 0 Å². The molecule has 98 valence electrons. The molecule has 0 aromatic heterocycles. The van der Waals surface area contributed by atoms with Gasteiger partial charge in [-0.3, -0.25) is 0 Å². The highest BCUT2D eigenvalue weighted by molar-refractivity contribution is 5.68. The molecule has 1 aliphatic heterocycles. The van der Waals surface area contributed by atoms with Crippen molar-refractivity contribution in [1.29, 1.82) is 0 Å². The summed E-state index contributed by atoms with van der Waals surface area (Å²) in [5.41, 5.74) is -0.558. The second-order valence-electron chi connectivity index (χ2n) is 5.07. The van der Waals surface area contributed by atoms with Crippen molar-refractivity contribution < 1.29 is 18.7 Å². The third-order valence-corrected chi connectivity index (χ3v) is 2.40. The molecule has 2 atom stereocenters. The molecule has 1 aliphatic rings. The van der Waals surface area contributed by atoms with Gasteiger partial charge in [0, 0.05) is 13.0 Å². The van der Waals surface area contributed by atoms with E-state index in [1.165, 1.54) is 11.2 Å². The van der Waals surface area contributed by atoms with Crippen LogP contribution in [0.25, 0.3) is 0 Å². The molecule has 4 nitrogen and oxygen atoms in total. The fourth-order valence-electron chi connectivity index (χ4n) is 1.65. The van der Waals surface area contributed by atoms with Gasteiger partial charge in [0.05, 0.1) is 12.8 Å². The Morgan fingerprint density at radius 2 is 2.18 bits per heavy atom. The number of amides is 1. The molecule has 0 aromatic carbocycles. The lowest BCUT2D eigenvalue weighted by molar-refractivity contribution is -0.0222. The van der Waals surface area contributed by atoms with E-state index in [4.69, 9.17) is 9.47 Å². The summed E-state index contributed by atoms with van der Waals surface area (Å²) in [6, 6.07) is 0. The molecule has 0 aliphatic carbocycles. The molecular formula is C12H20FNO3. The Balaban J connectivity index is 2.49. The maximum Gasteiger partial charge on any atom is 0.410 e. The molecule has 1 rings (SSSR count). The smallest absolute Gasteiger partial charge is 0.410 e. The van der Waals surface area contributed by atoms with Crippen molar-refractivity contribution >= 4 is 6.09 Å². The van der Waals surface area contributed by atoms with Crippen LogP contribution in [0.2, 0.25) is 0 Å². The van der Waals surface area contributed by atoms with E-state index in [9.17, 15) is 9.18 Å². The first kappa shape index (κ1) is 13.8. The predicted molar refractivity (Wildman–Crippen MR) is 62.4 cm³/mol. The van der Waals surface area contributed by atoms with Gasteiger partial charge in [-0.05, 0) is 20.8 Å². The van der Waals surface area contributed by atoms with Gasteiger partial charge in [0.2, 0.25) is 0 Å². The number of alkyl halides is 1. The third-order valence-electron chi connectivity index (χ3n) is 2.40. The first-order chi connectivity index (χ1) is 7.83. The fraction of sp³-hybridized carbons (Fsp3) is 0.750. The first-order valence-electron chi connectivity index (χ1n) is 5.72. The van der Waals surface area contributed by atoms with Crippen LogP contribution >= 0.6 is 0 Å². The van der Waals surface area contributed by atoms with Crippen LogP contribution in [0, 0.1) is 0 Å². The monoisotopic (exact) mass is 245 g/mol. The lowest BCUT2D eigenvalue weighted by atomic mass is 10.1. The quantitative estimate of drug-likeness (QED) is 0.702. The molecule has 0 aromatic rings. The van der Waals surface area contributed by atoms with Crippen molar-refractivity contribution in [2.75, 3.05) is 13.1 Å². The number of carbonyl (C=O) groups is 1. The van der Waals surface area contributed by atoms with Gasteiger partial charge in [0.25, 0.3) is 0 Å². The molecule has 1 fully saturated rings. The zero-order valence-corrected chi connectivity index (χ0v) is 10.6. The van der Waals surface area contributed by atoms with Crippen LogP contribution in [0.1, 0.15) is 27.2 Å². The molecule has 0 spiro atoms. The highest BCUT2D eigenvalue weighted by atomic mass is 19.1. The third kappa shape index (κ3) is 4.24. The van der Waals surface area contributed by atoms with Crippen molar-refractivity contribution in [2.45, 2.75) is 45.1 Å². The molecule has 0 radical (unpaired) electrons. The maximum atomic E-state index is 13.7. The summed E-state index contributed by atoms with van der Waals surface area (Å²) >= 11 is 0. The number of likely N-dealkylation sites (tertiary alicyclic amines) is 1. The number of ether oxygens (including phenoxy) is 2. The van der Waals surface area contributed by atoms with Crippen LogP contribution in [0.15, 0.2) is 12.8 Å². The molecular weight excluding hydrogens is 225 g/mol. The van der Waals surface area contributed by atoms with E-state index in [-0.39, 0.29) is 6.54 Å². The van der Waals surface area contributed by atoms with Gasteiger partial charge in [-0.15, -0.1) is 0 Å². The minimum Gasteiger partial charge on any atom is -0.495 e. The average Bonchev–Trinajstić information content (AvgIpc) is 2.18. The molecule has 1 heterocycles. The van der Waals surface area contributed by atoms with E-state index in [1.54, 1.807) is 20.8 Å². The number of rotatable bonds is 2. The molecule has 17 heavy (non-hydrogen) atoms. The number of hydrogen-bond acceptors (Lipinski definition) is 3. The van der Waals surface area contributed by atoms with E-state index in [2.05, 4.69) is 6.58 Å². The Bertz CT molecular complexity index is 288. The van der Waals surface area contributed by atoms with Crippen molar-refractivity contribution in [1.82, 2.24) is 4.90 Å². The van der Waals surface area contributed by atoms with E-state index in [1.807, 2.05) is 0 Å². The number of hydrogen-bond donors (Lipinski definition) is 0. The van der Waals surface area contributed by atoms with Crippen LogP contribution in [0.3, 0.4) is 0 Å². The number of carbonyl (C=O) groups excluding carboxylic acids is 1. The number of nitrogens with zero attached hydrogens (tertiary/aromatic N) is 1. The zero-order chi connectivity index (χ0) is 13.1. The molecule has 0 bridgehead atoms. The molecule has 5 heteroatoms. The van der Waals surface area contributed by atoms with Gasteiger partial charge >= 0.3 is 6.09 Å². The van der Waals surface area contributed by atoms with Crippen LogP contribution in [-0.4, -0.2) is 42.0 Å². The van der Waals surface area contributed by atoms with Crippen LogP contribution in [-0.2, 0) is 9.47 Å². The van der Waals surface area contributed by atoms with Gasteiger partial charge in [-0.1, -0.05) is 6.58 Å². The van der Waals surface area contributed by atoms with Crippen LogP contribution in [0.4, 0.5) is 9.18 Å². The van der Waals surface area contributed by atoms with Crippen molar-refractivity contribution in [2.24, 2.45) is 0 Å². The molecule has 0 unspecified atom stereocenters. The Kier molecular flexibility index (Phi) is 4.37. The van der Waals surface area contributed by atoms with Crippen LogP contribution < -0.4 is 0 Å². The Hall–Kier alpha value is -1.26. The summed E-state index contributed by atoms with van der Waals surface area (Å²) in [6.45, 7) is 9.19. The van der Waals surface area contributed by atoms with Gasteiger partial charge in [0.1, 0.15) is 11.7 Å². The fourth-order valence-corrected chi connectivity index (χ4v) is 1.65. The Morgan fingerprint density at radius 3 is 2.65 bits per heavy atom. The summed E-state index contributed by atoms with van der Waals surface area (Å²) in [7, 11) is 0.